The number of hydrogen-bond donors (Lipinski definition) is 1. The quantitative estimate of drug-likeness (QED) is 0.0935. The van der Waals surface area contributed by atoms with Crippen LogP contribution in [0.5, 0.6) is 5.75 Å². The molecule has 0 fully saturated rings. The van der Waals surface area contributed by atoms with E-state index in [4.69, 9.17) is 9.47 Å². The van der Waals surface area contributed by atoms with Gasteiger partial charge in [-0.2, -0.15) is 10.1 Å². The van der Waals surface area contributed by atoms with E-state index in [0.29, 0.717) is 71.0 Å². The Morgan fingerprint density at radius 2 is 1.82 bits per heavy atom. The van der Waals surface area contributed by atoms with E-state index >= 15 is 0 Å². The summed E-state index contributed by atoms with van der Waals surface area (Å²) in [6.45, 7) is 9.26. The number of benzene rings is 3. The molecule has 56 heavy (non-hydrogen) atoms. The van der Waals surface area contributed by atoms with Gasteiger partial charge in [-0.3, -0.25) is 9.36 Å². The van der Waals surface area contributed by atoms with Crippen molar-refractivity contribution in [3.05, 3.63) is 118 Å². The van der Waals surface area contributed by atoms with E-state index in [1.165, 1.54) is 29.0 Å². The molecule has 3 aromatic carbocycles. The van der Waals surface area contributed by atoms with E-state index in [0.717, 1.165) is 38.5 Å². The van der Waals surface area contributed by atoms with Gasteiger partial charge in [0.15, 0.2) is 21.3 Å². The molecule has 1 N–H and O–H groups in total. The number of para-hydroxylation sites is 1. The highest BCUT2D eigenvalue weighted by atomic mass is 32.1. The van der Waals surface area contributed by atoms with Crippen molar-refractivity contribution in [3.63, 3.8) is 0 Å². The van der Waals surface area contributed by atoms with Gasteiger partial charge in [-0.15, -0.1) is 11.3 Å². The standard InChI is InChI=1S/C40H40N8O5S2Si/c1-56(2,3)20-19-52-25-47-32-9-4-5-10-33(32)54-40(47)45-37(49)30-8-6-7-26-15-17-46(23-31(26)30)39-44-35(38(50)51)34(55-39)16-18-53-29-13-11-28(12-14-29)48-36-27(22-43-48)21-41-24-42-36/h4-14,21-22,24H,15-20,23,25H2,1-3H3,(H,50,51)/b45-40+. The highest BCUT2D eigenvalue weighted by molar-refractivity contribution is 7.16. The number of thiazole rings is 2. The van der Waals surface area contributed by atoms with Gasteiger partial charge in [0.05, 0.1) is 34.1 Å². The van der Waals surface area contributed by atoms with Crippen LogP contribution in [0.4, 0.5) is 5.13 Å². The van der Waals surface area contributed by atoms with Crippen LogP contribution >= 0.6 is 22.7 Å². The molecule has 0 saturated carbocycles. The van der Waals surface area contributed by atoms with Crippen LogP contribution in [0.3, 0.4) is 0 Å². The number of ether oxygens (including phenoxy) is 2. The van der Waals surface area contributed by atoms with Gasteiger partial charge in [-0.1, -0.05) is 55.2 Å². The summed E-state index contributed by atoms with van der Waals surface area (Å²) in [6, 6.07) is 22.3. The SMILES string of the molecule is C[Si](C)(C)CCOCn1/c(=N\C(=O)c2cccc3c2CN(c2nc(C(=O)O)c(CCOc4ccc(-n5ncc6cncnc65)cc4)s2)CC3)sc2ccccc21. The van der Waals surface area contributed by atoms with Gasteiger partial charge in [-0.25, -0.2) is 24.4 Å². The summed E-state index contributed by atoms with van der Waals surface area (Å²) in [6.07, 6.45) is 5.97. The summed E-state index contributed by atoms with van der Waals surface area (Å²) in [5.74, 6) is -0.767. The Kier molecular flexibility index (Phi) is 10.6. The van der Waals surface area contributed by atoms with Crippen LogP contribution in [-0.2, 0) is 30.9 Å². The first kappa shape index (κ1) is 37.4. The molecule has 1 aliphatic rings. The van der Waals surface area contributed by atoms with Gasteiger partial charge < -0.3 is 19.5 Å². The molecule has 0 unspecified atom stereocenters. The van der Waals surface area contributed by atoms with Crippen LogP contribution in [0, 0.1) is 0 Å². The van der Waals surface area contributed by atoms with E-state index in [9.17, 15) is 14.7 Å². The van der Waals surface area contributed by atoms with Gasteiger partial charge in [0.2, 0.25) is 0 Å². The second-order valence-corrected chi connectivity index (χ2v) is 22.4. The topological polar surface area (TPSA) is 150 Å². The first-order chi connectivity index (χ1) is 27.1. The Labute approximate surface area is 331 Å². The number of carboxylic acids is 1. The molecule has 5 heterocycles. The summed E-state index contributed by atoms with van der Waals surface area (Å²) < 4.78 is 16.9. The molecule has 0 aliphatic carbocycles. The third-order valence-electron chi connectivity index (χ3n) is 9.58. The number of aromatic carboxylic acids is 1. The monoisotopic (exact) mass is 804 g/mol. The normalized spacial score (nSPS) is 13.4. The zero-order valence-corrected chi connectivity index (χ0v) is 33.8. The first-order valence-corrected chi connectivity index (χ1v) is 23.7. The number of hydrogen-bond acceptors (Lipinski definition) is 11. The molecule has 8 rings (SSSR count). The maximum absolute atomic E-state index is 14.0. The van der Waals surface area contributed by atoms with Gasteiger partial charge in [-0.05, 0) is 66.1 Å². The minimum atomic E-state index is -1.26. The second kappa shape index (κ2) is 15.9. The van der Waals surface area contributed by atoms with Crippen molar-refractivity contribution in [2.75, 3.05) is 24.7 Å². The lowest BCUT2D eigenvalue weighted by Crippen LogP contribution is -2.31. The van der Waals surface area contributed by atoms with Gasteiger partial charge in [0.1, 0.15) is 18.8 Å². The molecular weight excluding hydrogens is 765 g/mol. The van der Waals surface area contributed by atoms with E-state index in [1.807, 2.05) is 71.3 Å². The molecule has 0 spiro atoms. The van der Waals surface area contributed by atoms with Crippen LogP contribution < -0.4 is 14.4 Å². The highest BCUT2D eigenvalue weighted by Gasteiger charge is 2.27. The Bertz CT molecular complexity index is 2630. The molecular formula is C40H40N8O5S2Si. The Morgan fingerprint density at radius 1 is 0.982 bits per heavy atom. The summed E-state index contributed by atoms with van der Waals surface area (Å²) >= 11 is 2.82. The van der Waals surface area contributed by atoms with Crippen molar-refractivity contribution in [1.29, 1.82) is 0 Å². The van der Waals surface area contributed by atoms with Crippen molar-refractivity contribution >= 4 is 69.0 Å². The largest absolute Gasteiger partial charge is 0.493 e. The molecule has 0 bridgehead atoms. The van der Waals surface area contributed by atoms with E-state index in [2.05, 4.69) is 49.6 Å². The number of fused-ring (bicyclic) bond motifs is 3. The van der Waals surface area contributed by atoms with E-state index < -0.39 is 14.0 Å². The van der Waals surface area contributed by atoms with E-state index in [-0.39, 0.29) is 18.2 Å². The number of carbonyl (C=O) groups excluding carboxylic acids is 1. The molecule has 16 heteroatoms. The van der Waals surface area contributed by atoms with Crippen LogP contribution in [-0.4, -0.2) is 74.1 Å². The van der Waals surface area contributed by atoms with Crippen LogP contribution in [0.25, 0.3) is 26.9 Å². The smallest absolute Gasteiger partial charge is 0.355 e. The maximum atomic E-state index is 14.0. The van der Waals surface area contributed by atoms with Gasteiger partial charge in [0, 0.05) is 50.8 Å². The number of aromatic nitrogens is 6. The van der Waals surface area contributed by atoms with Crippen molar-refractivity contribution in [2.45, 2.75) is 51.8 Å². The summed E-state index contributed by atoms with van der Waals surface area (Å²) in [5, 5.41) is 15.9. The third-order valence-corrected chi connectivity index (χ3v) is 13.5. The lowest BCUT2D eigenvalue weighted by Gasteiger charge is -2.29. The van der Waals surface area contributed by atoms with Crippen molar-refractivity contribution in [2.24, 2.45) is 4.99 Å². The fourth-order valence-corrected chi connectivity index (χ4v) is 9.41. The maximum Gasteiger partial charge on any atom is 0.355 e. The molecule has 0 radical (unpaired) electrons. The summed E-state index contributed by atoms with van der Waals surface area (Å²) in [4.78, 5) is 47.2. The fourth-order valence-electron chi connectivity index (χ4n) is 6.58. The van der Waals surface area contributed by atoms with Gasteiger partial charge >= 0.3 is 5.97 Å². The predicted octanol–water partition coefficient (Wildman–Crippen LogP) is 7.22. The van der Waals surface area contributed by atoms with E-state index in [1.54, 1.807) is 17.1 Å². The van der Waals surface area contributed by atoms with Gasteiger partial charge in [0.25, 0.3) is 5.91 Å². The molecule has 0 saturated heterocycles. The number of nitrogens with zero attached hydrogens (tertiary/aromatic N) is 8. The minimum Gasteiger partial charge on any atom is -0.493 e. The lowest BCUT2D eigenvalue weighted by atomic mass is 9.95. The number of carboxylic acid groups (broad SMARTS) is 1. The highest BCUT2D eigenvalue weighted by Crippen LogP contribution is 2.33. The molecule has 1 aliphatic heterocycles. The third kappa shape index (κ3) is 8.04. The molecule has 286 valence electrons. The minimum absolute atomic E-state index is 0.0167. The predicted molar refractivity (Wildman–Crippen MR) is 220 cm³/mol. The van der Waals surface area contributed by atoms with Crippen molar-refractivity contribution < 1.29 is 24.2 Å². The molecule has 13 nitrogen and oxygen atoms in total. The van der Waals surface area contributed by atoms with Crippen LogP contribution in [0.1, 0.15) is 36.9 Å². The summed E-state index contributed by atoms with van der Waals surface area (Å²) in [5.41, 5.74) is 5.01. The number of amides is 1. The van der Waals surface area contributed by atoms with Crippen LogP contribution in [0.15, 0.2) is 90.4 Å². The Hall–Kier alpha value is -5.55. The average molecular weight is 805 g/mol. The van der Waals surface area contributed by atoms with Crippen LogP contribution in [0.2, 0.25) is 25.7 Å². The Morgan fingerprint density at radius 3 is 2.64 bits per heavy atom. The second-order valence-electron chi connectivity index (χ2n) is 14.7. The average Bonchev–Trinajstić information content (AvgIpc) is 3.92. The Balaban J connectivity index is 0.974. The summed E-state index contributed by atoms with van der Waals surface area (Å²) in [7, 11) is -1.26. The number of carbonyl (C=O) groups is 2. The fraction of sp³-hybridized carbons (Fsp3) is 0.275. The zero-order valence-electron chi connectivity index (χ0n) is 31.2. The van der Waals surface area contributed by atoms with Crippen molar-refractivity contribution in [3.8, 4) is 11.4 Å². The molecule has 1 amide bonds. The first-order valence-electron chi connectivity index (χ1n) is 18.3. The molecule has 7 aromatic rings. The lowest BCUT2D eigenvalue weighted by molar-refractivity contribution is 0.0689. The molecule has 4 aromatic heterocycles. The number of anilines is 1. The van der Waals surface area contributed by atoms with Crippen molar-refractivity contribution in [1.82, 2.24) is 29.3 Å². The number of rotatable bonds is 13. The zero-order chi connectivity index (χ0) is 38.8. The molecule has 0 atom stereocenters.